The van der Waals surface area contributed by atoms with E-state index in [1.807, 2.05) is 31.5 Å². The van der Waals surface area contributed by atoms with Gasteiger partial charge in [-0.05, 0) is 25.1 Å². The number of nitrogens with one attached hydrogen (secondary N) is 1. The van der Waals surface area contributed by atoms with Crippen molar-refractivity contribution in [3.05, 3.63) is 48.7 Å². The van der Waals surface area contributed by atoms with E-state index in [4.69, 9.17) is 4.74 Å². The Bertz CT molecular complexity index is 786. The standard InChI is InChI=1S/C17H20N6O/c1-13(24-15-3-2-4-18-11-15)12-22-7-6-20-17(22)16-9-14-10-19-5-8-23(14)21-16/h2-4,6-7,9,11,13,19H,5,8,10,12H2,1H3/t13-/m0/s1. The van der Waals surface area contributed by atoms with Gasteiger partial charge in [0, 0.05) is 31.7 Å². The highest BCUT2D eigenvalue weighted by Crippen LogP contribution is 2.20. The molecule has 1 aliphatic rings. The predicted octanol–water partition coefficient (Wildman–Crippen LogP) is 1.71. The van der Waals surface area contributed by atoms with E-state index >= 15 is 0 Å². The summed E-state index contributed by atoms with van der Waals surface area (Å²) in [6.45, 7) is 5.45. The Kier molecular flexibility index (Phi) is 4.00. The minimum absolute atomic E-state index is 0.000978. The van der Waals surface area contributed by atoms with Crippen LogP contribution in [0, 0.1) is 0 Å². The maximum atomic E-state index is 5.91. The van der Waals surface area contributed by atoms with Crippen molar-refractivity contribution in [2.75, 3.05) is 6.54 Å². The predicted molar refractivity (Wildman–Crippen MR) is 89.5 cm³/mol. The van der Waals surface area contributed by atoms with Gasteiger partial charge in [0.15, 0.2) is 5.82 Å². The Morgan fingerprint density at radius 1 is 1.38 bits per heavy atom. The summed E-state index contributed by atoms with van der Waals surface area (Å²) in [5, 5.41) is 8.05. The van der Waals surface area contributed by atoms with E-state index < -0.39 is 0 Å². The SMILES string of the molecule is C[C@@H](Cn1ccnc1-c1cc2n(n1)CCNC2)Oc1cccnc1. The molecule has 24 heavy (non-hydrogen) atoms. The third-order valence-corrected chi connectivity index (χ3v) is 4.04. The van der Waals surface area contributed by atoms with Crippen LogP contribution in [0.3, 0.4) is 0 Å². The number of nitrogens with zero attached hydrogens (tertiary/aromatic N) is 5. The normalized spacial score (nSPS) is 15.0. The maximum Gasteiger partial charge on any atom is 0.160 e. The lowest BCUT2D eigenvalue weighted by molar-refractivity contribution is 0.199. The first-order chi connectivity index (χ1) is 11.8. The molecule has 3 aromatic rings. The van der Waals surface area contributed by atoms with Crippen LogP contribution in [0.25, 0.3) is 11.5 Å². The number of aromatic nitrogens is 5. The van der Waals surface area contributed by atoms with E-state index in [1.54, 1.807) is 12.4 Å². The minimum atomic E-state index is 0.000978. The van der Waals surface area contributed by atoms with Gasteiger partial charge in [-0.2, -0.15) is 5.10 Å². The van der Waals surface area contributed by atoms with Gasteiger partial charge in [-0.15, -0.1) is 0 Å². The number of fused-ring (bicyclic) bond motifs is 1. The highest BCUT2D eigenvalue weighted by molar-refractivity contribution is 5.50. The van der Waals surface area contributed by atoms with Crippen LogP contribution in [-0.4, -0.2) is 37.0 Å². The monoisotopic (exact) mass is 324 g/mol. The third-order valence-electron chi connectivity index (χ3n) is 4.04. The Balaban J connectivity index is 1.51. The molecule has 0 radical (unpaired) electrons. The molecule has 0 unspecified atom stereocenters. The van der Waals surface area contributed by atoms with Gasteiger partial charge in [0.1, 0.15) is 17.5 Å². The second-order valence-electron chi connectivity index (χ2n) is 5.94. The summed E-state index contributed by atoms with van der Waals surface area (Å²) in [5.74, 6) is 1.65. The van der Waals surface area contributed by atoms with Crippen LogP contribution in [-0.2, 0) is 19.6 Å². The van der Waals surface area contributed by atoms with Crippen LogP contribution in [0.4, 0.5) is 0 Å². The molecule has 4 heterocycles. The Labute approximate surface area is 140 Å². The van der Waals surface area contributed by atoms with Gasteiger partial charge in [-0.25, -0.2) is 4.98 Å². The lowest BCUT2D eigenvalue weighted by atomic mass is 10.3. The van der Waals surface area contributed by atoms with Gasteiger partial charge in [0.05, 0.1) is 25.0 Å². The van der Waals surface area contributed by atoms with Crippen LogP contribution in [0.15, 0.2) is 43.0 Å². The molecule has 0 aromatic carbocycles. The number of imidazole rings is 1. The zero-order valence-electron chi connectivity index (χ0n) is 13.6. The molecule has 3 aromatic heterocycles. The van der Waals surface area contributed by atoms with Crippen molar-refractivity contribution in [3.8, 4) is 17.3 Å². The lowest BCUT2D eigenvalue weighted by Crippen LogP contribution is -2.28. The summed E-state index contributed by atoms with van der Waals surface area (Å²) in [4.78, 5) is 8.56. The first-order valence-corrected chi connectivity index (χ1v) is 8.15. The molecule has 7 nitrogen and oxygen atoms in total. The van der Waals surface area contributed by atoms with Crippen molar-refractivity contribution in [1.82, 2.24) is 29.6 Å². The minimum Gasteiger partial charge on any atom is -0.487 e. The molecule has 7 heteroatoms. The van der Waals surface area contributed by atoms with Gasteiger partial charge < -0.3 is 14.6 Å². The van der Waals surface area contributed by atoms with Crippen LogP contribution in [0.1, 0.15) is 12.6 Å². The smallest absolute Gasteiger partial charge is 0.160 e. The van der Waals surface area contributed by atoms with Crippen LogP contribution >= 0.6 is 0 Å². The molecule has 1 N–H and O–H groups in total. The number of ether oxygens (including phenoxy) is 1. The largest absolute Gasteiger partial charge is 0.487 e. The fourth-order valence-electron chi connectivity index (χ4n) is 2.96. The Morgan fingerprint density at radius 3 is 3.17 bits per heavy atom. The van der Waals surface area contributed by atoms with Crippen LogP contribution in [0.2, 0.25) is 0 Å². The summed E-state index contributed by atoms with van der Waals surface area (Å²) < 4.78 is 10.1. The fraction of sp³-hybridized carbons (Fsp3) is 0.353. The molecule has 0 saturated carbocycles. The fourth-order valence-corrected chi connectivity index (χ4v) is 2.96. The summed E-state index contributed by atoms with van der Waals surface area (Å²) in [5.41, 5.74) is 2.11. The van der Waals surface area contributed by atoms with Crippen LogP contribution in [0.5, 0.6) is 5.75 Å². The average molecular weight is 324 g/mol. The number of hydrogen-bond donors (Lipinski definition) is 1. The van der Waals surface area contributed by atoms with E-state index in [2.05, 4.69) is 35.7 Å². The summed E-state index contributed by atoms with van der Waals surface area (Å²) in [6, 6.07) is 5.89. The second kappa shape index (κ2) is 6.45. The molecule has 0 bridgehead atoms. The van der Waals surface area contributed by atoms with E-state index in [9.17, 15) is 0 Å². The zero-order valence-corrected chi connectivity index (χ0v) is 13.6. The Morgan fingerprint density at radius 2 is 2.33 bits per heavy atom. The van der Waals surface area contributed by atoms with E-state index in [0.717, 1.165) is 36.9 Å². The quantitative estimate of drug-likeness (QED) is 0.774. The molecule has 0 fully saturated rings. The summed E-state index contributed by atoms with van der Waals surface area (Å²) >= 11 is 0. The van der Waals surface area contributed by atoms with Crippen molar-refractivity contribution in [3.63, 3.8) is 0 Å². The molecule has 4 rings (SSSR count). The number of hydrogen-bond acceptors (Lipinski definition) is 5. The topological polar surface area (TPSA) is 69.8 Å². The number of pyridine rings is 1. The lowest BCUT2D eigenvalue weighted by Gasteiger charge is -2.16. The molecule has 0 aliphatic carbocycles. The van der Waals surface area contributed by atoms with E-state index in [1.165, 1.54) is 5.69 Å². The molecule has 0 spiro atoms. The second-order valence-corrected chi connectivity index (χ2v) is 5.94. The van der Waals surface area contributed by atoms with E-state index in [0.29, 0.717) is 6.54 Å². The van der Waals surface area contributed by atoms with Gasteiger partial charge in [0.25, 0.3) is 0 Å². The molecule has 0 saturated heterocycles. The maximum absolute atomic E-state index is 5.91. The molecule has 1 aliphatic heterocycles. The summed E-state index contributed by atoms with van der Waals surface area (Å²) in [7, 11) is 0. The first-order valence-electron chi connectivity index (χ1n) is 8.15. The molecule has 1 atom stereocenters. The summed E-state index contributed by atoms with van der Waals surface area (Å²) in [6.07, 6.45) is 7.24. The van der Waals surface area contributed by atoms with E-state index in [-0.39, 0.29) is 6.10 Å². The van der Waals surface area contributed by atoms with Gasteiger partial charge in [0.2, 0.25) is 0 Å². The van der Waals surface area contributed by atoms with Gasteiger partial charge in [-0.1, -0.05) is 0 Å². The van der Waals surface area contributed by atoms with Crippen molar-refractivity contribution >= 4 is 0 Å². The molecular formula is C17H20N6O. The zero-order chi connectivity index (χ0) is 16.4. The Hall–Kier alpha value is -2.67. The van der Waals surface area contributed by atoms with Gasteiger partial charge >= 0.3 is 0 Å². The van der Waals surface area contributed by atoms with Gasteiger partial charge in [-0.3, -0.25) is 9.67 Å². The van der Waals surface area contributed by atoms with Crippen molar-refractivity contribution < 1.29 is 4.74 Å². The van der Waals surface area contributed by atoms with Crippen molar-refractivity contribution in [2.45, 2.75) is 32.7 Å². The van der Waals surface area contributed by atoms with Crippen molar-refractivity contribution in [2.24, 2.45) is 0 Å². The third kappa shape index (κ3) is 3.03. The molecule has 124 valence electrons. The average Bonchev–Trinajstić information content (AvgIpc) is 3.21. The number of rotatable bonds is 5. The molecular weight excluding hydrogens is 304 g/mol. The highest BCUT2D eigenvalue weighted by atomic mass is 16.5. The van der Waals surface area contributed by atoms with Crippen LogP contribution < -0.4 is 10.1 Å². The highest BCUT2D eigenvalue weighted by Gasteiger charge is 2.17. The van der Waals surface area contributed by atoms with Crippen molar-refractivity contribution in [1.29, 1.82) is 0 Å². The first kappa shape index (κ1) is 14.9. The molecule has 0 amide bonds.